The third-order valence-electron chi connectivity index (χ3n) is 2.66. The van der Waals surface area contributed by atoms with E-state index in [2.05, 4.69) is 13.0 Å². The largest absolute Gasteiger partial charge is 0.298 e. The Labute approximate surface area is 86.1 Å². The number of hydrogen-bond acceptors (Lipinski definition) is 1. The molecule has 0 unspecified atom stereocenters. The van der Waals surface area contributed by atoms with Crippen molar-refractivity contribution in [1.82, 2.24) is 0 Å². The van der Waals surface area contributed by atoms with Crippen LogP contribution in [0.25, 0.3) is 0 Å². The monoisotopic (exact) mass is 190 g/mol. The van der Waals surface area contributed by atoms with Crippen LogP contribution in [0, 0.1) is 6.92 Å². The molecule has 1 heteroatoms. The van der Waals surface area contributed by atoms with E-state index in [4.69, 9.17) is 0 Å². The summed E-state index contributed by atoms with van der Waals surface area (Å²) in [4.78, 5) is 10.7. The molecule has 0 saturated carbocycles. The lowest BCUT2D eigenvalue weighted by atomic mass is 9.98. The van der Waals surface area contributed by atoms with Crippen LogP contribution < -0.4 is 0 Å². The summed E-state index contributed by atoms with van der Waals surface area (Å²) in [6.07, 6.45) is 5.77. The number of rotatable bonds is 5. The molecule has 0 heterocycles. The van der Waals surface area contributed by atoms with Gasteiger partial charge in [0.05, 0.1) is 0 Å². The molecule has 0 aliphatic carbocycles. The number of aryl methyl sites for hydroxylation is 1. The standard InChI is InChI=1S/C13H18O/c1-3-4-5-7-12-8-6-9-13(10-14)11(12)2/h6,8-10H,3-5,7H2,1-2H3. The molecule has 14 heavy (non-hydrogen) atoms. The van der Waals surface area contributed by atoms with Crippen LogP contribution in [0.5, 0.6) is 0 Å². The first kappa shape index (κ1) is 11.0. The fourth-order valence-electron chi connectivity index (χ4n) is 1.67. The Morgan fingerprint density at radius 3 is 2.71 bits per heavy atom. The van der Waals surface area contributed by atoms with E-state index >= 15 is 0 Å². The maximum absolute atomic E-state index is 10.7. The van der Waals surface area contributed by atoms with Crippen molar-refractivity contribution in [3.05, 3.63) is 34.9 Å². The van der Waals surface area contributed by atoms with Gasteiger partial charge in [0.2, 0.25) is 0 Å². The average Bonchev–Trinajstić information content (AvgIpc) is 2.21. The average molecular weight is 190 g/mol. The predicted molar refractivity (Wildman–Crippen MR) is 59.8 cm³/mol. The van der Waals surface area contributed by atoms with Crippen molar-refractivity contribution < 1.29 is 4.79 Å². The van der Waals surface area contributed by atoms with E-state index in [0.717, 1.165) is 23.8 Å². The minimum absolute atomic E-state index is 0.832. The molecule has 0 aromatic heterocycles. The number of benzene rings is 1. The van der Waals surface area contributed by atoms with Gasteiger partial charge in [-0.15, -0.1) is 0 Å². The highest BCUT2D eigenvalue weighted by Gasteiger charge is 2.01. The first-order valence-corrected chi connectivity index (χ1v) is 5.33. The fourth-order valence-corrected chi connectivity index (χ4v) is 1.67. The second-order valence-corrected chi connectivity index (χ2v) is 3.71. The Kier molecular flexibility index (Phi) is 4.37. The maximum Gasteiger partial charge on any atom is 0.150 e. The second kappa shape index (κ2) is 5.58. The molecule has 1 aromatic carbocycles. The lowest BCUT2D eigenvalue weighted by Crippen LogP contribution is -1.94. The maximum atomic E-state index is 10.7. The molecule has 1 rings (SSSR count). The topological polar surface area (TPSA) is 17.1 Å². The molecular weight excluding hydrogens is 172 g/mol. The van der Waals surface area contributed by atoms with Gasteiger partial charge in [-0.05, 0) is 30.9 Å². The summed E-state index contributed by atoms with van der Waals surface area (Å²) in [6, 6.07) is 5.97. The molecule has 0 amide bonds. The van der Waals surface area contributed by atoms with Crippen molar-refractivity contribution in [2.24, 2.45) is 0 Å². The Balaban J connectivity index is 2.71. The molecule has 76 valence electrons. The number of hydrogen-bond donors (Lipinski definition) is 0. The van der Waals surface area contributed by atoms with Gasteiger partial charge in [-0.25, -0.2) is 0 Å². The first-order valence-electron chi connectivity index (χ1n) is 5.33. The summed E-state index contributed by atoms with van der Waals surface area (Å²) in [5.41, 5.74) is 3.31. The number of aldehydes is 1. The van der Waals surface area contributed by atoms with Crippen LogP contribution in [0.2, 0.25) is 0 Å². The third kappa shape index (κ3) is 2.69. The van der Waals surface area contributed by atoms with Crippen molar-refractivity contribution in [2.75, 3.05) is 0 Å². The highest BCUT2D eigenvalue weighted by Crippen LogP contribution is 2.15. The van der Waals surface area contributed by atoms with E-state index in [1.807, 2.05) is 19.1 Å². The van der Waals surface area contributed by atoms with Gasteiger partial charge in [0, 0.05) is 5.56 Å². The van der Waals surface area contributed by atoms with Crippen molar-refractivity contribution in [2.45, 2.75) is 39.5 Å². The van der Waals surface area contributed by atoms with Crippen LogP contribution in [0.3, 0.4) is 0 Å². The van der Waals surface area contributed by atoms with Gasteiger partial charge < -0.3 is 0 Å². The molecule has 0 radical (unpaired) electrons. The van der Waals surface area contributed by atoms with Crippen molar-refractivity contribution in [3.63, 3.8) is 0 Å². The van der Waals surface area contributed by atoms with Gasteiger partial charge in [0.15, 0.2) is 0 Å². The summed E-state index contributed by atoms with van der Waals surface area (Å²) in [5, 5.41) is 0. The Morgan fingerprint density at radius 2 is 2.07 bits per heavy atom. The molecule has 0 spiro atoms. The van der Waals surface area contributed by atoms with Crippen LogP contribution in [-0.2, 0) is 6.42 Å². The predicted octanol–water partition coefficient (Wildman–Crippen LogP) is 3.54. The zero-order valence-corrected chi connectivity index (χ0v) is 9.05. The van der Waals surface area contributed by atoms with Crippen molar-refractivity contribution in [3.8, 4) is 0 Å². The van der Waals surface area contributed by atoms with Crippen LogP contribution in [-0.4, -0.2) is 6.29 Å². The summed E-state index contributed by atoms with van der Waals surface area (Å²) in [7, 11) is 0. The van der Waals surface area contributed by atoms with E-state index in [0.29, 0.717) is 0 Å². The number of unbranched alkanes of at least 4 members (excludes halogenated alkanes) is 2. The normalized spacial score (nSPS) is 10.1. The van der Waals surface area contributed by atoms with Gasteiger partial charge >= 0.3 is 0 Å². The van der Waals surface area contributed by atoms with E-state index in [9.17, 15) is 4.79 Å². The second-order valence-electron chi connectivity index (χ2n) is 3.71. The zero-order chi connectivity index (χ0) is 10.4. The summed E-state index contributed by atoms with van der Waals surface area (Å²) in [5.74, 6) is 0. The lowest BCUT2D eigenvalue weighted by molar-refractivity contribution is 0.112. The van der Waals surface area contributed by atoms with Gasteiger partial charge in [-0.3, -0.25) is 4.79 Å². The number of carbonyl (C=O) groups is 1. The molecule has 0 N–H and O–H groups in total. The summed E-state index contributed by atoms with van der Waals surface area (Å²) in [6.45, 7) is 4.24. The van der Waals surface area contributed by atoms with Crippen molar-refractivity contribution in [1.29, 1.82) is 0 Å². The molecule has 1 nitrogen and oxygen atoms in total. The summed E-state index contributed by atoms with van der Waals surface area (Å²) < 4.78 is 0. The lowest BCUT2D eigenvalue weighted by Gasteiger charge is -2.06. The molecular formula is C13H18O. The first-order chi connectivity index (χ1) is 6.79. The molecule has 0 aliphatic heterocycles. The van der Waals surface area contributed by atoms with E-state index < -0.39 is 0 Å². The fraction of sp³-hybridized carbons (Fsp3) is 0.462. The quantitative estimate of drug-likeness (QED) is 0.512. The Morgan fingerprint density at radius 1 is 1.29 bits per heavy atom. The highest BCUT2D eigenvalue weighted by atomic mass is 16.1. The Bertz CT molecular complexity index is 302. The highest BCUT2D eigenvalue weighted by molar-refractivity contribution is 5.77. The van der Waals surface area contributed by atoms with Gasteiger partial charge in [0.25, 0.3) is 0 Å². The smallest absolute Gasteiger partial charge is 0.150 e. The molecule has 0 fully saturated rings. The molecule has 0 atom stereocenters. The molecule has 0 bridgehead atoms. The minimum atomic E-state index is 0.832. The Hall–Kier alpha value is -1.11. The third-order valence-corrected chi connectivity index (χ3v) is 2.66. The molecule has 0 saturated heterocycles. The van der Waals surface area contributed by atoms with Gasteiger partial charge in [0.1, 0.15) is 6.29 Å². The number of carbonyl (C=O) groups excluding carboxylic acids is 1. The van der Waals surface area contributed by atoms with Crippen LogP contribution >= 0.6 is 0 Å². The van der Waals surface area contributed by atoms with Crippen LogP contribution in [0.4, 0.5) is 0 Å². The van der Waals surface area contributed by atoms with Crippen molar-refractivity contribution >= 4 is 6.29 Å². The van der Waals surface area contributed by atoms with Crippen LogP contribution in [0.15, 0.2) is 18.2 Å². The van der Waals surface area contributed by atoms with Crippen LogP contribution in [0.1, 0.15) is 47.7 Å². The van der Waals surface area contributed by atoms with Gasteiger partial charge in [-0.1, -0.05) is 38.0 Å². The van der Waals surface area contributed by atoms with E-state index in [1.165, 1.54) is 24.8 Å². The van der Waals surface area contributed by atoms with E-state index in [1.54, 1.807) is 0 Å². The molecule has 1 aromatic rings. The van der Waals surface area contributed by atoms with E-state index in [-0.39, 0.29) is 0 Å². The summed E-state index contributed by atoms with van der Waals surface area (Å²) >= 11 is 0. The zero-order valence-electron chi connectivity index (χ0n) is 9.05. The SMILES string of the molecule is CCCCCc1cccc(C=O)c1C. The minimum Gasteiger partial charge on any atom is -0.298 e. The van der Waals surface area contributed by atoms with Gasteiger partial charge in [-0.2, -0.15) is 0 Å². The molecule has 0 aliphatic rings.